The molecule has 5 nitrogen and oxygen atoms in total. The standard InChI is InChI=1S/C22H19FIN3O2S/c1-13-5-7-15(8-6-13)30(28,29)27-19(24)11-18-20-14(12-26(18)2)10-17(23)16-4-3-9-25-21(16)22(20)27/h3-10,12,18-19H,11H2,1-2H3. The molecule has 2 aliphatic heterocycles. The summed E-state index contributed by atoms with van der Waals surface area (Å²) in [5.41, 5.74) is 3.64. The lowest BCUT2D eigenvalue weighted by Gasteiger charge is -2.40. The average Bonchev–Trinajstić information content (AvgIpc) is 2.95. The Hall–Kier alpha value is -2.20. The van der Waals surface area contributed by atoms with Gasteiger partial charge in [0.15, 0.2) is 0 Å². The average molecular weight is 535 g/mol. The fourth-order valence-electron chi connectivity index (χ4n) is 4.33. The van der Waals surface area contributed by atoms with Crippen molar-refractivity contribution in [1.82, 2.24) is 14.2 Å². The lowest BCUT2D eigenvalue weighted by Crippen LogP contribution is -2.45. The summed E-state index contributed by atoms with van der Waals surface area (Å²) in [6.07, 6.45) is 5.55. The van der Waals surface area contributed by atoms with Crippen molar-refractivity contribution in [3.05, 3.63) is 82.8 Å². The van der Waals surface area contributed by atoms with E-state index in [0.29, 0.717) is 28.9 Å². The van der Waals surface area contributed by atoms with Gasteiger partial charge in [-0.15, -0.1) is 0 Å². The Morgan fingerprint density at radius 3 is 2.67 bits per heavy atom. The van der Waals surface area contributed by atoms with Gasteiger partial charge in [-0.2, -0.15) is 0 Å². The van der Waals surface area contributed by atoms with E-state index >= 15 is 4.39 Å². The van der Waals surface area contributed by atoms with Crippen molar-refractivity contribution in [2.45, 2.75) is 28.3 Å². The Labute approximate surface area is 188 Å². The number of nitrogens with zero attached hydrogens (tertiary/aromatic N) is 3. The largest absolute Gasteiger partial charge is 0.373 e. The first-order chi connectivity index (χ1) is 14.3. The van der Waals surface area contributed by atoms with Gasteiger partial charge in [-0.25, -0.2) is 12.8 Å². The predicted molar refractivity (Wildman–Crippen MR) is 123 cm³/mol. The highest BCUT2D eigenvalue weighted by Gasteiger charge is 2.46. The zero-order valence-electron chi connectivity index (χ0n) is 16.4. The van der Waals surface area contributed by atoms with Gasteiger partial charge in [0.05, 0.1) is 26.4 Å². The normalized spacial score (nSPS) is 22.9. The number of sulfonamides is 1. The zero-order chi connectivity index (χ0) is 21.2. The molecule has 2 aromatic rings. The molecule has 30 heavy (non-hydrogen) atoms. The van der Waals surface area contributed by atoms with E-state index in [-0.39, 0.29) is 15.0 Å². The maximum Gasteiger partial charge on any atom is 0.265 e. The van der Waals surface area contributed by atoms with E-state index in [9.17, 15) is 8.42 Å². The van der Waals surface area contributed by atoms with Crippen molar-refractivity contribution < 1.29 is 12.8 Å². The summed E-state index contributed by atoms with van der Waals surface area (Å²) in [4.78, 5) is 6.70. The lowest BCUT2D eigenvalue weighted by atomic mass is 9.93. The van der Waals surface area contributed by atoms with Gasteiger partial charge in [-0.1, -0.05) is 40.3 Å². The number of aromatic nitrogens is 1. The highest BCUT2D eigenvalue weighted by atomic mass is 127. The molecule has 0 bridgehead atoms. The second kappa shape index (κ2) is 6.91. The molecule has 0 saturated carbocycles. The van der Waals surface area contributed by atoms with Crippen LogP contribution in [0, 0.1) is 6.92 Å². The Balaban J connectivity index is 1.81. The molecule has 2 atom stereocenters. The molecule has 0 spiro atoms. The van der Waals surface area contributed by atoms with E-state index < -0.39 is 15.9 Å². The number of rotatable bonds is 2. The van der Waals surface area contributed by atoms with Crippen LogP contribution < -0.4 is 0 Å². The fourth-order valence-corrected chi connectivity index (χ4v) is 7.51. The molecule has 0 saturated heterocycles. The number of pyridine rings is 1. The number of allylic oxidation sites excluding steroid dienone is 1. The number of benzene rings is 1. The maximum absolute atomic E-state index is 15.1. The summed E-state index contributed by atoms with van der Waals surface area (Å²) in [6, 6.07) is 10.1. The molecular weight excluding hydrogens is 516 g/mol. The summed E-state index contributed by atoms with van der Waals surface area (Å²) < 4.78 is 43.8. The smallest absolute Gasteiger partial charge is 0.265 e. The van der Waals surface area contributed by atoms with E-state index in [1.165, 1.54) is 10.4 Å². The Bertz CT molecular complexity index is 1250. The van der Waals surface area contributed by atoms with Gasteiger partial charge < -0.3 is 4.90 Å². The first kappa shape index (κ1) is 19.7. The topological polar surface area (TPSA) is 53.5 Å². The summed E-state index contributed by atoms with van der Waals surface area (Å²) in [5.74, 6) is -0.412. The first-order valence-electron chi connectivity index (χ1n) is 9.55. The van der Waals surface area contributed by atoms with Gasteiger partial charge in [0.1, 0.15) is 5.83 Å². The molecule has 8 heteroatoms. The van der Waals surface area contributed by atoms with Crippen molar-refractivity contribution in [3.8, 4) is 0 Å². The molecule has 3 aliphatic rings. The van der Waals surface area contributed by atoms with Gasteiger partial charge in [0.2, 0.25) is 0 Å². The highest BCUT2D eigenvalue weighted by molar-refractivity contribution is 14.1. The van der Waals surface area contributed by atoms with Crippen LogP contribution in [-0.4, -0.2) is 39.7 Å². The number of aryl methyl sites for hydroxylation is 1. The molecule has 0 fully saturated rings. The van der Waals surface area contributed by atoms with Crippen LogP contribution >= 0.6 is 22.6 Å². The molecular formula is C22H19FIN3O2S. The van der Waals surface area contributed by atoms with Crippen molar-refractivity contribution in [1.29, 1.82) is 0 Å². The van der Waals surface area contributed by atoms with Gasteiger partial charge in [-0.3, -0.25) is 9.29 Å². The Morgan fingerprint density at radius 2 is 1.93 bits per heavy atom. The van der Waals surface area contributed by atoms with Gasteiger partial charge in [0.25, 0.3) is 10.0 Å². The molecule has 5 rings (SSSR count). The number of fused-ring (bicyclic) bond motifs is 2. The third-order valence-electron chi connectivity index (χ3n) is 5.78. The second-order valence-corrected chi connectivity index (χ2v) is 11.0. The SMILES string of the molecule is Cc1ccc(S(=O)(=O)N2C3=C4C(=CN(C)C4CC2I)C=C(F)c2cccnc23)cc1. The van der Waals surface area contributed by atoms with Crippen LogP contribution in [0.4, 0.5) is 4.39 Å². The number of alkyl halides is 1. The van der Waals surface area contributed by atoms with E-state index in [4.69, 9.17) is 0 Å². The molecule has 2 unspecified atom stereocenters. The van der Waals surface area contributed by atoms with Crippen LogP contribution in [-0.2, 0) is 10.0 Å². The molecule has 0 amide bonds. The summed E-state index contributed by atoms with van der Waals surface area (Å²) in [6.45, 7) is 1.92. The minimum absolute atomic E-state index is 0.0293. The third kappa shape index (κ3) is 2.84. The van der Waals surface area contributed by atoms with Crippen molar-refractivity contribution in [2.75, 3.05) is 7.05 Å². The first-order valence-corrected chi connectivity index (χ1v) is 12.2. The van der Waals surface area contributed by atoms with Crippen molar-refractivity contribution in [2.24, 2.45) is 0 Å². The number of hydrogen-bond donors (Lipinski definition) is 0. The van der Waals surface area contributed by atoms with Gasteiger partial charge in [-0.05, 0) is 37.3 Å². The molecule has 1 aromatic heterocycles. The Kier molecular flexibility index (Phi) is 4.55. The lowest BCUT2D eigenvalue weighted by molar-refractivity contribution is 0.331. The second-order valence-electron chi connectivity index (χ2n) is 7.70. The van der Waals surface area contributed by atoms with Crippen LogP contribution in [0.25, 0.3) is 11.5 Å². The Morgan fingerprint density at radius 1 is 1.20 bits per heavy atom. The summed E-state index contributed by atoms with van der Waals surface area (Å²) in [5, 5.41) is 0. The van der Waals surface area contributed by atoms with E-state index in [0.717, 1.165) is 11.1 Å². The molecule has 3 heterocycles. The molecule has 154 valence electrons. The molecule has 0 radical (unpaired) electrons. The van der Waals surface area contributed by atoms with Crippen LogP contribution in [0.2, 0.25) is 0 Å². The summed E-state index contributed by atoms with van der Waals surface area (Å²) in [7, 11) is -1.93. The van der Waals surface area contributed by atoms with Gasteiger partial charge >= 0.3 is 0 Å². The van der Waals surface area contributed by atoms with Crippen LogP contribution in [0.3, 0.4) is 0 Å². The monoisotopic (exact) mass is 535 g/mol. The van der Waals surface area contributed by atoms with Gasteiger partial charge in [0, 0.05) is 42.6 Å². The van der Waals surface area contributed by atoms with E-state index in [2.05, 4.69) is 27.6 Å². The maximum atomic E-state index is 15.1. The van der Waals surface area contributed by atoms with Crippen molar-refractivity contribution in [3.63, 3.8) is 0 Å². The summed E-state index contributed by atoms with van der Waals surface area (Å²) >= 11 is 2.17. The highest BCUT2D eigenvalue weighted by Crippen LogP contribution is 2.49. The minimum Gasteiger partial charge on any atom is -0.373 e. The number of halogens is 2. The van der Waals surface area contributed by atoms with Crippen LogP contribution in [0.15, 0.2) is 70.9 Å². The van der Waals surface area contributed by atoms with E-state index in [1.54, 1.807) is 42.6 Å². The fraction of sp³-hybridized carbons (Fsp3) is 0.227. The molecule has 1 aliphatic carbocycles. The van der Waals surface area contributed by atoms with Crippen LogP contribution in [0.5, 0.6) is 0 Å². The number of likely N-dealkylation sites (N-methyl/N-ethyl adjacent to an activating group) is 1. The van der Waals surface area contributed by atoms with Crippen LogP contribution in [0.1, 0.15) is 23.2 Å². The third-order valence-corrected chi connectivity index (χ3v) is 9.04. The predicted octanol–water partition coefficient (Wildman–Crippen LogP) is 4.48. The number of hydrogen-bond acceptors (Lipinski definition) is 4. The molecule has 1 aromatic carbocycles. The minimum atomic E-state index is -3.87. The quantitative estimate of drug-likeness (QED) is 0.324. The van der Waals surface area contributed by atoms with Crippen molar-refractivity contribution >= 4 is 44.1 Å². The molecule has 0 N–H and O–H groups in total. The van der Waals surface area contributed by atoms with E-state index in [1.807, 2.05) is 25.1 Å². The zero-order valence-corrected chi connectivity index (χ0v) is 19.4.